The standard InChI is InChI=1S/C26H30Cl2O5/c1-22(2)17-7-6-15-16(23(17,3)10-9-18(22)29)11-19(30)24(4)21(14-5-8-20(31)33-12-14)26(27,28)13-25(15,24)32/h5-6,8-10,12,16-17,19,21,30,32H,7,11,13H2,1-4H3. The summed E-state index contributed by atoms with van der Waals surface area (Å²) < 4.78 is 3.70. The average Bonchev–Trinajstić information content (AvgIpc) is 2.90. The van der Waals surface area contributed by atoms with Crippen LogP contribution in [0.3, 0.4) is 0 Å². The van der Waals surface area contributed by atoms with Gasteiger partial charge in [0.1, 0.15) is 4.33 Å². The largest absolute Gasteiger partial charge is 0.431 e. The highest BCUT2D eigenvalue weighted by Gasteiger charge is 2.74. The van der Waals surface area contributed by atoms with E-state index in [1.807, 2.05) is 26.8 Å². The van der Waals surface area contributed by atoms with E-state index in [9.17, 15) is 19.8 Å². The highest BCUT2D eigenvalue weighted by molar-refractivity contribution is 6.49. The monoisotopic (exact) mass is 492 g/mol. The quantitative estimate of drug-likeness (QED) is 0.443. The van der Waals surface area contributed by atoms with Crippen molar-refractivity contribution in [1.29, 1.82) is 0 Å². The summed E-state index contributed by atoms with van der Waals surface area (Å²) in [5, 5.41) is 24.0. The van der Waals surface area contributed by atoms with Gasteiger partial charge in [-0.2, -0.15) is 0 Å². The summed E-state index contributed by atoms with van der Waals surface area (Å²) in [6.07, 6.45) is 7.20. The summed E-state index contributed by atoms with van der Waals surface area (Å²) >= 11 is 13.8. The van der Waals surface area contributed by atoms with E-state index in [1.54, 1.807) is 12.1 Å². The number of rotatable bonds is 1. The molecular weight excluding hydrogens is 463 g/mol. The molecule has 0 radical (unpaired) electrons. The van der Waals surface area contributed by atoms with Crippen molar-refractivity contribution >= 4 is 29.0 Å². The van der Waals surface area contributed by atoms with Crippen molar-refractivity contribution in [2.24, 2.45) is 28.1 Å². The molecule has 1 heterocycles. The third kappa shape index (κ3) is 2.80. The molecule has 7 heteroatoms. The summed E-state index contributed by atoms with van der Waals surface area (Å²) in [6.45, 7) is 7.92. The molecule has 0 bridgehead atoms. The lowest BCUT2D eigenvalue weighted by atomic mass is 9.44. The van der Waals surface area contributed by atoms with Crippen LogP contribution in [0.2, 0.25) is 0 Å². The molecule has 5 nitrogen and oxygen atoms in total. The van der Waals surface area contributed by atoms with Crippen molar-refractivity contribution in [3.63, 3.8) is 0 Å². The fourth-order valence-corrected chi connectivity index (χ4v) is 8.88. The summed E-state index contributed by atoms with van der Waals surface area (Å²) in [7, 11) is 0. The smallest absolute Gasteiger partial charge is 0.335 e. The molecule has 0 aromatic carbocycles. The SMILES string of the molecule is CC1(C)C(=O)C=CC2(C)C3CC(O)C4(C)C(c5ccc(=O)oc5)C(Cl)(Cl)CC4(O)C3=CCC12. The minimum atomic E-state index is -1.47. The molecule has 33 heavy (non-hydrogen) atoms. The van der Waals surface area contributed by atoms with Gasteiger partial charge in [-0.05, 0) is 53.4 Å². The number of halogens is 2. The van der Waals surface area contributed by atoms with Gasteiger partial charge in [-0.25, -0.2) is 4.79 Å². The van der Waals surface area contributed by atoms with E-state index in [0.29, 0.717) is 18.4 Å². The van der Waals surface area contributed by atoms with Crippen LogP contribution in [-0.4, -0.2) is 32.0 Å². The zero-order valence-electron chi connectivity index (χ0n) is 19.3. The van der Waals surface area contributed by atoms with E-state index in [1.165, 1.54) is 12.3 Å². The molecule has 4 aliphatic rings. The first-order chi connectivity index (χ1) is 15.2. The number of aliphatic hydroxyl groups is 2. The van der Waals surface area contributed by atoms with Crippen LogP contribution < -0.4 is 5.63 Å². The number of ketones is 1. The maximum Gasteiger partial charge on any atom is 0.335 e. The Hall–Kier alpha value is -1.40. The van der Waals surface area contributed by atoms with E-state index in [0.717, 1.165) is 5.57 Å². The number of carbonyl (C=O) groups excluding carboxylic acids is 1. The molecular formula is C26H30Cl2O5. The number of alkyl halides is 2. The van der Waals surface area contributed by atoms with Gasteiger partial charge in [-0.1, -0.05) is 39.8 Å². The second-order valence-electron chi connectivity index (χ2n) is 11.4. The Morgan fingerprint density at radius 1 is 1.12 bits per heavy atom. The van der Waals surface area contributed by atoms with Crippen LogP contribution in [0, 0.1) is 28.1 Å². The molecule has 4 aliphatic carbocycles. The molecule has 178 valence electrons. The number of fused-ring (bicyclic) bond motifs is 5. The normalized spacial score (nSPS) is 45.1. The van der Waals surface area contributed by atoms with Crippen LogP contribution >= 0.6 is 23.2 Å². The van der Waals surface area contributed by atoms with Crippen molar-refractivity contribution in [2.75, 3.05) is 0 Å². The van der Waals surface area contributed by atoms with Crippen LogP contribution in [0.4, 0.5) is 0 Å². The van der Waals surface area contributed by atoms with Gasteiger partial charge in [0.15, 0.2) is 5.78 Å². The average molecular weight is 493 g/mol. The topological polar surface area (TPSA) is 87.7 Å². The first-order valence-electron chi connectivity index (χ1n) is 11.5. The maximum absolute atomic E-state index is 12.7. The van der Waals surface area contributed by atoms with E-state index >= 15 is 0 Å². The fraction of sp³-hybridized carbons (Fsp3) is 0.615. The van der Waals surface area contributed by atoms with Crippen LogP contribution in [0.15, 0.2) is 51.4 Å². The van der Waals surface area contributed by atoms with E-state index in [2.05, 4.69) is 13.0 Å². The predicted molar refractivity (Wildman–Crippen MR) is 126 cm³/mol. The van der Waals surface area contributed by atoms with Gasteiger partial charge in [-0.3, -0.25) is 4.79 Å². The molecule has 2 fully saturated rings. The van der Waals surface area contributed by atoms with Gasteiger partial charge in [0.05, 0.1) is 18.0 Å². The molecule has 1 aromatic heterocycles. The molecule has 0 spiro atoms. The second-order valence-corrected chi connectivity index (χ2v) is 13.0. The minimum Gasteiger partial charge on any atom is -0.431 e. The van der Waals surface area contributed by atoms with E-state index in [4.69, 9.17) is 27.6 Å². The summed E-state index contributed by atoms with van der Waals surface area (Å²) in [4.78, 5) is 24.2. The number of carbonyl (C=O) groups is 1. The molecule has 2 saturated carbocycles. The molecule has 2 N–H and O–H groups in total. The van der Waals surface area contributed by atoms with Crippen LogP contribution in [0.25, 0.3) is 0 Å². The molecule has 0 amide bonds. The Morgan fingerprint density at radius 2 is 1.82 bits per heavy atom. The van der Waals surface area contributed by atoms with Crippen molar-refractivity contribution in [1.82, 2.24) is 0 Å². The van der Waals surface area contributed by atoms with Crippen LogP contribution in [-0.2, 0) is 4.79 Å². The van der Waals surface area contributed by atoms with Crippen molar-refractivity contribution in [3.8, 4) is 0 Å². The van der Waals surface area contributed by atoms with Gasteiger partial charge in [-0.15, -0.1) is 23.2 Å². The highest BCUT2D eigenvalue weighted by Crippen LogP contribution is 2.73. The fourth-order valence-electron chi connectivity index (χ4n) is 7.79. The molecule has 7 unspecified atom stereocenters. The van der Waals surface area contributed by atoms with Gasteiger partial charge in [0, 0.05) is 29.2 Å². The van der Waals surface area contributed by atoms with Gasteiger partial charge in [0.25, 0.3) is 0 Å². The van der Waals surface area contributed by atoms with Gasteiger partial charge in [0.2, 0.25) is 0 Å². The van der Waals surface area contributed by atoms with Gasteiger partial charge >= 0.3 is 5.63 Å². The number of hydrogen-bond acceptors (Lipinski definition) is 5. The third-order valence-corrected chi connectivity index (χ3v) is 10.3. The molecule has 0 aliphatic heterocycles. The Morgan fingerprint density at radius 3 is 2.45 bits per heavy atom. The zero-order valence-corrected chi connectivity index (χ0v) is 20.8. The van der Waals surface area contributed by atoms with Crippen LogP contribution in [0.5, 0.6) is 0 Å². The number of aliphatic hydroxyl groups excluding tert-OH is 1. The van der Waals surface area contributed by atoms with Crippen LogP contribution in [0.1, 0.15) is 58.4 Å². The lowest BCUT2D eigenvalue weighted by Gasteiger charge is -2.61. The maximum atomic E-state index is 12.7. The first kappa shape index (κ1) is 23.3. The summed E-state index contributed by atoms with van der Waals surface area (Å²) in [5.74, 6) is -0.669. The lowest BCUT2D eigenvalue weighted by Crippen LogP contribution is -2.63. The van der Waals surface area contributed by atoms with E-state index < -0.39 is 43.8 Å². The molecule has 7 atom stereocenters. The summed E-state index contributed by atoms with van der Waals surface area (Å²) in [5.41, 5.74) is -2.60. The Balaban J connectivity index is 1.67. The molecule has 5 rings (SSSR count). The highest BCUT2D eigenvalue weighted by atomic mass is 35.5. The second kappa shape index (κ2) is 6.84. The zero-order chi connectivity index (χ0) is 24.2. The first-order valence-corrected chi connectivity index (χ1v) is 12.3. The Bertz CT molecular complexity index is 1130. The molecule has 0 saturated heterocycles. The lowest BCUT2D eigenvalue weighted by molar-refractivity contribution is -0.153. The Labute approximate surface area is 203 Å². The minimum absolute atomic E-state index is 0.0373. The van der Waals surface area contributed by atoms with Crippen molar-refractivity contribution in [3.05, 3.63) is 58.2 Å². The third-order valence-electron chi connectivity index (χ3n) is 9.64. The van der Waals surface area contributed by atoms with Gasteiger partial charge < -0.3 is 14.6 Å². The molecule has 1 aromatic rings. The number of hydrogen-bond donors (Lipinski definition) is 2. The number of allylic oxidation sites excluding steroid dienone is 3. The van der Waals surface area contributed by atoms with Crippen molar-refractivity contribution in [2.45, 2.75) is 68.9 Å². The predicted octanol–water partition coefficient (Wildman–Crippen LogP) is 4.54. The van der Waals surface area contributed by atoms with Crippen molar-refractivity contribution < 1.29 is 19.4 Å². The van der Waals surface area contributed by atoms with E-state index in [-0.39, 0.29) is 24.0 Å². The summed E-state index contributed by atoms with van der Waals surface area (Å²) in [6, 6.07) is 2.91. The Kier molecular flexibility index (Phi) is 4.84.